The fourth-order valence-electron chi connectivity index (χ4n) is 2.72. The second-order valence-corrected chi connectivity index (χ2v) is 7.28. The second-order valence-electron chi connectivity index (χ2n) is 5.46. The zero-order chi connectivity index (χ0) is 16.4. The number of benzene rings is 1. The van der Waals surface area contributed by atoms with Crippen molar-refractivity contribution in [3.8, 4) is 0 Å². The highest BCUT2D eigenvalue weighted by Crippen LogP contribution is 2.31. The van der Waals surface area contributed by atoms with Crippen LogP contribution in [0.2, 0.25) is 0 Å². The minimum atomic E-state index is -3.81. The Morgan fingerprint density at radius 1 is 1.17 bits per heavy atom. The minimum absolute atomic E-state index is 0.0862. The van der Waals surface area contributed by atoms with Crippen molar-refractivity contribution in [3.05, 3.63) is 53.8 Å². The first-order chi connectivity index (χ1) is 11.0. The van der Waals surface area contributed by atoms with Gasteiger partial charge in [-0.2, -0.15) is 4.31 Å². The third-order valence-corrected chi connectivity index (χ3v) is 5.63. The summed E-state index contributed by atoms with van der Waals surface area (Å²) in [6.07, 6.45) is 0.0862. The lowest BCUT2D eigenvalue weighted by Gasteiger charge is -2.27. The van der Waals surface area contributed by atoms with Gasteiger partial charge in [-0.05, 0) is 24.6 Å². The Morgan fingerprint density at radius 2 is 1.91 bits per heavy atom. The molecule has 1 aliphatic rings. The van der Waals surface area contributed by atoms with Crippen LogP contribution in [0.3, 0.4) is 0 Å². The Bertz CT molecular complexity index is 798. The molecule has 1 fully saturated rings. The van der Waals surface area contributed by atoms with Gasteiger partial charge in [-0.3, -0.25) is 4.79 Å². The fraction of sp³-hybridized carbons (Fsp3) is 0.312. The number of nitrogens with one attached hydrogen (secondary N) is 1. The first kappa shape index (κ1) is 15.8. The van der Waals surface area contributed by atoms with Crippen LogP contribution in [0.15, 0.2) is 52.0 Å². The van der Waals surface area contributed by atoms with E-state index in [1.807, 2.05) is 30.3 Å². The van der Waals surface area contributed by atoms with E-state index in [1.165, 1.54) is 10.4 Å². The van der Waals surface area contributed by atoms with Gasteiger partial charge in [0.15, 0.2) is 0 Å². The van der Waals surface area contributed by atoms with Crippen LogP contribution in [0, 0.1) is 6.92 Å². The summed E-state index contributed by atoms with van der Waals surface area (Å²) in [5, 5.41) is 2.64. The van der Waals surface area contributed by atoms with E-state index in [0.29, 0.717) is 5.76 Å². The standard InChI is InChI=1S/C16H18N2O4S/c1-12-7-8-16(22-12)23(20,21)18-10-9-17-15(19)11-14(18)13-5-3-2-4-6-13/h2-8,14H,9-11H2,1H3,(H,17,19). The number of hydrogen-bond donors (Lipinski definition) is 1. The SMILES string of the molecule is Cc1ccc(S(=O)(=O)N2CCNC(=O)CC2c2ccccc2)o1. The average molecular weight is 334 g/mol. The molecule has 2 heterocycles. The molecule has 1 N–H and O–H groups in total. The average Bonchev–Trinajstić information content (AvgIpc) is 2.87. The molecule has 3 rings (SSSR count). The molecule has 1 atom stereocenters. The number of aryl methyl sites for hydroxylation is 1. The van der Waals surface area contributed by atoms with Crippen LogP contribution in [-0.4, -0.2) is 31.7 Å². The van der Waals surface area contributed by atoms with Crippen LogP contribution >= 0.6 is 0 Å². The smallest absolute Gasteiger partial charge is 0.277 e. The van der Waals surface area contributed by atoms with E-state index >= 15 is 0 Å². The van der Waals surface area contributed by atoms with Crippen molar-refractivity contribution in [3.63, 3.8) is 0 Å². The predicted octanol–water partition coefficient (Wildman–Crippen LogP) is 1.84. The number of carbonyl (C=O) groups is 1. The monoisotopic (exact) mass is 334 g/mol. The highest BCUT2D eigenvalue weighted by Gasteiger charge is 2.37. The molecule has 1 aromatic carbocycles. The third-order valence-electron chi connectivity index (χ3n) is 3.84. The summed E-state index contributed by atoms with van der Waals surface area (Å²) >= 11 is 0. The van der Waals surface area contributed by atoms with E-state index in [2.05, 4.69) is 5.32 Å². The second kappa shape index (κ2) is 6.17. The highest BCUT2D eigenvalue weighted by molar-refractivity contribution is 7.89. The number of nitrogens with zero attached hydrogens (tertiary/aromatic N) is 1. The largest absolute Gasteiger partial charge is 0.449 e. The van der Waals surface area contributed by atoms with Crippen LogP contribution in [0.25, 0.3) is 0 Å². The van der Waals surface area contributed by atoms with Gasteiger partial charge in [-0.25, -0.2) is 8.42 Å². The van der Waals surface area contributed by atoms with Gasteiger partial charge in [0.05, 0.1) is 6.04 Å². The zero-order valence-corrected chi connectivity index (χ0v) is 13.5. The first-order valence-corrected chi connectivity index (χ1v) is 8.82. The summed E-state index contributed by atoms with van der Waals surface area (Å²) in [6.45, 7) is 2.18. The molecule has 1 aliphatic heterocycles. The molecule has 6 nitrogen and oxygen atoms in total. The van der Waals surface area contributed by atoms with E-state index in [1.54, 1.807) is 13.0 Å². The Labute approximate surface area is 135 Å². The van der Waals surface area contributed by atoms with Crippen molar-refractivity contribution in [1.82, 2.24) is 9.62 Å². The molecule has 7 heteroatoms. The van der Waals surface area contributed by atoms with Crippen molar-refractivity contribution < 1.29 is 17.6 Å². The number of carbonyl (C=O) groups excluding carboxylic acids is 1. The number of hydrogen-bond acceptors (Lipinski definition) is 4. The topological polar surface area (TPSA) is 79.6 Å². The zero-order valence-electron chi connectivity index (χ0n) is 12.7. The van der Waals surface area contributed by atoms with E-state index in [4.69, 9.17) is 4.42 Å². The number of rotatable bonds is 3. The predicted molar refractivity (Wildman–Crippen MR) is 84.1 cm³/mol. The van der Waals surface area contributed by atoms with Crippen LogP contribution in [0.5, 0.6) is 0 Å². The van der Waals surface area contributed by atoms with Gasteiger partial charge >= 0.3 is 0 Å². The molecular formula is C16H18N2O4S. The van der Waals surface area contributed by atoms with Crippen molar-refractivity contribution in [1.29, 1.82) is 0 Å². The van der Waals surface area contributed by atoms with Crippen molar-refractivity contribution in [2.24, 2.45) is 0 Å². The van der Waals surface area contributed by atoms with Gasteiger partial charge in [-0.15, -0.1) is 0 Å². The molecular weight excluding hydrogens is 316 g/mol. The lowest BCUT2D eigenvalue weighted by Crippen LogP contribution is -2.36. The van der Waals surface area contributed by atoms with Crippen molar-refractivity contribution in [2.45, 2.75) is 24.5 Å². The van der Waals surface area contributed by atoms with Gasteiger partial charge in [0.25, 0.3) is 10.0 Å². The van der Waals surface area contributed by atoms with E-state index in [0.717, 1.165) is 5.56 Å². The van der Waals surface area contributed by atoms with Crippen molar-refractivity contribution >= 4 is 15.9 Å². The fourth-order valence-corrected chi connectivity index (χ4v) is 4.30. The Kier molecular flexibility index (Phi) is 4.23. The molecule has 23 heavy (non-hydrogen) atoms. The summed E-state index contributed by atoms with van der Waals surface area (Å²) in [4.78, 5) is 11.9. The molecule has 0 saturated carbocycles. The summed E-state index contributed by atoms with van der Waals surface area (Å²) in [5.41, 5.74) is 0.788. The van der Waals surface area contributed by atoms with Gasteiger partial charge in [0.2, 0.25) is 11.0 Å². The van der Waals surface area contributed by atoms with Crippen LogP contribution < -0.4 is 5.32 Å². The van der Waals surface area contributed by atoms with Crippen molar-refractivity contribution in [2.75, 3.05) is 13.1 Å². The van der Waals surface area contributed by atoms with Gasteiger partial charge < -0.3 is 9.73 Å². The van der Waals surface area contributed by atoms with Crippen LogP contribution in [0.4, 0.5) is 0 Å². The van der Waals surface area contributed by atoms with Crippen LogP contribution in [-0.2, 0) is 14.8 Å². The minimum Gasteiger partial charge on any atom is -0.449 e. The highest BCUT2D eigenvalue weighted by atomic mass is 32.2. The Morgan fingerprint density at radius 3 is 2.57 bits per heavy atom. The van der Waals surface area contributed by atoms with Gasteiger partial charge in [0.1, 0.15) is 5.76 Å². The quantitative estimate of drug-likeness (QED) is 0.929. The summed E-state index contributed by atoms with van der Waals surface area (Å²) in [6, 6.07) is 11.7. The number of furan rings is 1. The molecule has 0 aliphatic carbocycles. The molecule has 1 saturated heterocycles. The molecule has 1 aromatic heterocycles. The first-order valence-electron chi connectivity index (χ1n) is 7.38. The third kappa shape index (κ3) is 3.16. The number of sulfonamides is 1. The van der Waals surface area contributed by atoms with E-state index in [9.17, 15) is 13.2 Å². The molecule has 1 amide bonds. The number of amides is 1. The van der Waals surface area contributed by atoms with E-state index in [-0.39, 0.29) is 30.5 Å². The molecule has 2 aromatic rings. The van der Waals surface area contributed by atoms with Crippen LogP contribution in [0.1, 0.15) is 23.8 Å². The Balaban J connectivity index is 2.04. The Hall–Kier alpha value is -2.12. The maximum atomic E-state index is 12.9. The lowest BCUT2D eigenvalue weighted by molar-refractivity contribution is -0.121. The van der Waals surface area contributed by atoms with E-state index < -0.39 is 16.1 Å². The summed E-state index contributed by atoms with van der Waals surface area (Å²) in [7, 11) is -3.81. The molecule has 1 unspecified atom stereocenters. The maximum Gasteiger partial charge on any atom is 0.277 e. The van der Waals surface area contributed by atoms with Gasteiger partial charge in [0, 0.05) is 19.5 Å². The molecule has 0 bridgehead atoms. The lowest BCUT2D eigenvalue weighted by atomic mass is 10.0. The molecule has 122 valence electrons. The molecule has 0 spiro atoms. The summed E-state index contributed by atoms with van der Waals surface area (Å²) in [5.74, 6) is 0.371. The maximum absolute atomic E-state index is 12.9. The summed E-state index contributed by atoms with van der Waals surface area (Å²) < 4.78 is 32.5. The van der Waals surface area contributed by atoms with Gasteiger partial charge in [-0.1, -0.05) is 30.3 Å². The normalized spacial score (nSPS) is 20.0. The molecule has 0 radical (unpaired) electrons.